The Morgan fingerprint density at radius 1 is 0.500 bits per heavy atom. The van der Waals surface area contributed by atoms with E-state index in [1.165, 1.54) is 0 Å². The molecule has 4 aromatic carbocycles. The Balaban J connectivity index is 1.48. The SMILES string of the molecule is O=C(N[C@@H](Cc1ccccc1)[C@H](O)[C@@H](O)[C@H](Cc1ccccc1)NC(=O)OCc1ccccc1)OCc1ccccc1. The van der Waals surface area contributed by atoms with Crippen LogP contribution in [0.4, 0.5) is 9.59 Å². The summed E-state index contributed by atoms with van der Waals surface area (Å²) in [5.41, 5.74) is 3.31. The zero-order valence-corrected chi connectivity index (χ0v) is 23.2. The summed E-state index contributed by atoms with van der Waals surface area (Å²) in [6.07, 6.45) is -3.96. The molecule has 0 aliphatic carbocycles. The maximum Gasteiger partial charge on any atom is 0.407 e. The van der Waals surface area contributed by atoms with Gasteiger partial charge in [0.25, 0.3) is 0 Å². The highest BCUT2D eigenvalue weighted by Gasteiger charge is 2.35. The van der Waals surface area contributed by atoms with E-state index in [1.807, 2.05) is 121 Å². The van der Waals surface area contributed by atoms with Gasteiger partial charge in [-0.1, -0.05) is 121 Å². The van der Waals surface area contributed by atoms with Gasteiger partial charge < -0.3 is 30.3 Å². The predicted molar refractivity (Wildman–Crippen MR) is 159 cm³/mol. The van der Waals surface area contributed by atoms with E-state index >= 15 is 0 Å². The number of carbonyl (C=O) groups is 2. The van der Waals surface area contributed by atoms with Gasteiger partial charge >= 0.3 is 12.2 Å². The fraction of sp³-hybridized carbons (Fsp3) is 0.235. The molecule has 2 amide bonds. The van der Waals surface area contributed by atoms with Crippen LogP contribution in [0.5, 0.6) is 0 Å². The number of ether oxygens (including phenoxy) is 2. The second kappa shape index (κ2) is 16.0. The molecule has 0 saturated carbocycles. The number of alkyl carbamates (subject to hydrolysis) is 2. The third-order valence-electron chi connectivity index (χ3n) is 6.80. The molecule has 0 bridgehead atoms. The van der Waals surface area contributed by atoms with Crippen LogP contribution < -0.4 is 10.6 Å². The van der Waals surface area contributed by atoms with E-state index in [1.54, 1.807) is 0 Å². The number of hydrogen-bond donors (Lipinski definition) is 4. The average Bonchev–Trinajstić information content (AvgIpc) is 3.03. The van der Waals surface area contributed by atoms with E-state index in [9.17, 15) is 19.8 Å². The van der Waals surface area contributed by atoms with E-state index in [0.29, 0.717) is 0 Å². The van der Waals surface area contributed by atoms with Crippen molar-refractivity contribution in [3.8, 4) is 0 Å². The molecule has 0 fully saturated rings. The van der Waals surface area contributed by atoms with Gasteiger partial charge in [0, 0.05) is 0 Å². The minimum absolute atomic E-state index is 0.0504. The van der Waals surface area contributed by atoms with Crippen LogP contribution in [0.3, 0.4) is 0 Å². The van der Waals surface area contributed by atoms with Gasteiger partial charge in [-0.05, 0) is 35.1 Å². The Morgan fingerprint density at radius 2 is 0.786 bits per heavy atom. The van der Waals surface area contributed by atoms with Crippen molar-refractivity contribution >= 4 is 12.2 Å². The molecule has 218 valence electrons. The Bertz CT molecular complexity index is 1250. The lowest BCUT2D eigenvalue weighted by Crippen LogP contribution is -2.57. The third kappa shape index (κ3) is 9.76. The van der Waals surface area contributed by atoms with E-state index in [4.69, 9.17) is 9.47 Å². The van der Waals surface area contributed by atoms with Crippen LogP contribution in [-0.2, 0) is 35.5 Å². The Morgan fingerprint density at radius 3 is 1.10 bits per heavy atom. The van der Waals surface area contributed by atoms with Crippen LogP contribution in [0, 0.1) is 0 Å². The molecule has 0 radical (unpaired) electrons. The number of hydrogen-bond acceptors (Lipinski definition) is 6. The lowest BCUT2D eigenvalue weighted by Gasteiger charge is -2.32. The van der Waals surface area contributed by atoms with Crippen LogP contribution in [0.25, 0.3) is 0 Å². The minimum Gasteiger partial charge on any atom is -0.445 e. The lowest BCUT2D eigenvalue weighted by molar-refractivity contribution is -0.0240. The maximum atomic E-state index is 12.8. The molecule has 0 heterocycles. The molecule has 42 heavy (non-hydrogen) atoms. The van der Waals surface area contributed by atoms with Crippen molar-refractivity contribution in [3.63, 3.8) is 0 Å². The van der Waals surface area contributed by atoms with Crippen LogP contribution in [0.2, 0.25) is 0 Å². The van der Waals surface area contributed by atoms with Crippen molar-refractivity contribution < 1.29 is 29.3 Å². The average molecular weight is 569 g/mol. The highest BCUT2D eigenvalue weighted by molar-refractivity contribution is 5.68. The van der Waals surface area contributed by atoms with E-state index in [2.05, 4.69) is 10.6 Å². The Labute approximate surface area is 245 Å². The fourth-order valence-corrected chi connectivity index (χ4v) is 4.56. The van der Waals surface area contributed by atoms with Crippen LogP contribution >= 0.6 is 0 Å². The van der Waals surface area contributed by atoms with Gasteiger partial charge in [-0.2, -0.15) is 0 Å². The lowest BCUT2D eigenvalue weighted by atomic mass is 9.91. The topological polar surface area (TPSA) is 117 Å². The summed E-state index contributed by atoms with van der Waals surface area (Å²) in [7, 11) is 0. The second-order valence-corrected chi connectivity index (χ2v) is 9.99. The van der Waals surface area contributed by atoms with E-state index < -0.39 is 36.5 Å². The number of aliphatic hydroxyl groups is 2. The molecular weight excluding hydrogens is 532 g/mol. The summed E-state index contributed by atoms with van der Waals surface area (Å²) in [6.45, 7) is 0.101. The molecule has 8 heteroatoms. The molecular formula is C34H36N2O6. The first-order chi connectivity index (χ1) is 20.5. The van der Waals surface area contributed by atoms with Crippen molar-refractivity contribution in [2.45, 2.75) is 50.3 Å². The van der Waals surface area contributed by atoms with Gasteiger partial charge in [0.15, 0.2) is 0 Å². The summed E-state index contributed by atoms with van der Waals surface area (Å²) < 4.78 is 10.8. The molecule has 8 nitrogen and oxygen atoms in total. The number of carbonyl (C=O) groups excluding carboxylic acids is 2. The first-order valence-corrected chi connectivity index (χ1v) is 13.9. The number of benzene rings is 4. The van der Waals surface area contributed by atoms with Crippen LogP contribution in [0.15, 0.2) is 121 Å². The molecule has 0 unspecified atom stereocenters. The van der Waals surface area contributed by atoms with Gasteiger partial charge in [-0.25, -0.2) is 9.59 Å². The summed E-state index contributed by atoms with van der Waals surface area (Å²) in [6, 6.07) is 35.2. The van der Waals surface area contributed by atoms with Crippen molar-refractivity contribution in [2.75, 3.05) is 0 Å². The fourth-order valence-electron chi connectivity index (χ4n) is 4.56. The van der Waals surface area contributed by atoms with Crippen LogP contribution in [-0.4, -0.2) is 46.7 Å². The largest absolute Gasteiger partial charge is 0.445 e. The highest BCUT2D eigenvalue weighted by atomic mass is 16.6. The summed E-state index contributed by atoms with van der Waals surface area (Å²) in [5, 5.41) is 28.3. The van der Waals surface area contributed by atoms with E-state index in [-0.39, 0.29) is 26.1 Å². The summed E-state index contributed by atoms with van der Waals surface area (Å²) >= 11 is 0. The van der Waals surface area contributed by atoms with Gasteiger partial charge in [-0.15, -0.1) is 0 Å². The first-order valence-electron chi connectivity index (χ1n) is 13.9. The number of amides is 2. The van der Waals surface area contributed by atoms with Crippen molar-refractivity contribution in [1.82, 2.24) is 10.6 Å². The van der Waals surface area contributed by atoms with Crippen molar-refractivity contribution in [2.24, 2.45) is 0 Å². The van der Waals surface area contributed by atoms with Gasteiger partial charge in [-0.3, -0.25) is 0 Å². The third-order valence-corrected chi connectivity index (χ3v) is 6.80. The first kappa shape index (κ1) is 30.3. The molecule has 4 aromatic rings. The molecule has 4 atom stereocenters. The zero-order valence-electron chi connectivity index (χ0n) is 23.2. The molecule has 0 saturated heterocycles. The smallest absolute Gasteiger partial charge is 0.407 e. The molecule has 0 spiro atoms. The quantitative estimate of drug-likeness (QED) is 0.184. The number of nitrogens with one attached hydrogen (secondary N) is 2. The monoisotopic (exact) mass is 568 g/mol. The summed E-state index contributed by atoms with van der Waals surface area (Å²) in [4.78, 5) is 25.6. The second-order valence-electron chi connectivity index (χ2n) is 9.99. The molecule has 0 aliphatic rings. The number of aliphatic hydroxyl groups excluding tert-OH is 2. The van der Waals surface area contributed by atoms with Gasteiger partial charge in [0.1, 0.15) is 25.4 Å². The van der Waals surface area contributed by atoms with Gasteiger partial charge in [0.05, 0.1) is 12.1 Å². The Kier molecular flexibility index (Phi) is 11.5. The van der Waals surface area contributed by atoms with Gasteiger partial charge in [0.2, 0.25) is 0 Å². The normalized spacial score (nSPS) is 13.7. The molecule has 4 N–H and O–H groups in total. The van der Waals surface area contributed by atoms with E-state index in [0.717, 1.165) is 22.3 Å². The number of rotatable bonds is 13. The molecule has 0 aromatic heterocycles. The van der Waals surface area contributed by atoms with Crippen LogP contribution in [0.1, 0.15) is 22.3 Å². The maximum absolute atomic E-state index is 12.8. The zero-order chi connectivity index (χ0) is 29.6. The standard InChI is InChI=1S/C34H36N2O6/c37-31(29(21-25-13-5-1-6-14-25)35-33(39)41-23-27-17-9-3-10-18-27)32(38)30(22-26-15-7-2-8-16-26)36-34(40)42-24-28-19-11-4-12-20-28/h1-20,29-32,37-38H,21-24H2,(H,35,39)(H,36,40)/t29-,30-,31-,32-/m0/s1. The van der Waals surface area contributed by atoms with Crippen molar-refractivity contribution in [1.29, 1.82) is 0 Å². The molecule has 4 rings (SSSR count). The molecule has 0 aliphatic heterocycles. The summed E-state index contributed by atoms with van der Waals surface area (Å²) in [5.74, 6) is 0. The Hall–Kier alpha value is -4.66. The van der Waals surface area contributed by atoms with Crippen molar-refractivity contribution in [3.05, 3.63) is 144 Å². The minimum atomic E-state index is -1.46. The predicted octanol–water partition coefficient (Wildman–Crippen LogP) is 4.78. The highest BCUT2D eigenvalue weighted by Crippen LogP contribution is 2.16.